The smallest absolute Gasteiger partial charge is 0.330 e. The Morgan fingerprint density at radius 1 is 0.972 bits per heavy atom. The number of carbonyl (C=O) groups is 2. The number of carboxylic acid groups (broad SMARTS) is 1. The Balaban J connectivity index is 1.78. The SMILES string of the molecule is Cc1cccc2c1c(Cn1c(=O)n([C@H](CC(=O)O)c3ccccc3)c3cc(C(N)=O)ccc31)cn2C. The molecule has 8 heteroatoms. The van der Waals surface area contributed by atoms with Gasteiger partial charge in [-0.15, -0.1) is 0 Å². The molecular formula is C28H26N4O4. The van der Waals surface area contributed by atoms with Crippen LogP contribution in [0, 0.1) is 6.92 Å². The number of primary amides is 1. The molecule has 2 heterocycles. The van der Waals surface area contributed by atoms with Crippen LogP contribution in [0.2, 0.25) is 0 Å². The average Bonchev–Trinajstić information content (AvgIpc) is 3.32. The summed E-state index contributed by atoms with van der Waals surface area (Å²) >= 11 is 0. The van der Waals surface area contributed by atoms with Crippen LogP contribution in [0.1, 0.15) is 39.5 Å². The second kappa shape index (κ2) is 8.88. The summed E-state index contributed by atoms with van der Waals surface area (Å²) in [4.78, 5) is 37.8. The summed E-state index contributed by atoms with van der Waals surface area (Å²) in [5, 5.41) is 10.8. The molecule has 0 bridgehead atoms. The van der Waals surface area contributed by atoms with Crippen LogP contribution in [0.15, 0.2) is 77.7 Å². The number of aromatic nitrogens is 3. The molecule has 5 rings (SSSR count). The third kappa shape index (κ3) is 3.86. The van der Waals surface area contributed by atoms with Crippen LogP contribution in [0.5, 0.6) is 0 Å². The van der Waals surface area contributed by atoms with E-state index in [1.807, 2.05) is 61.1 Å². The third-order valence-corrected chi connectivity index (χ3v) is 6.74. The van der Waals surface area contributed by atoms with Crippen molar-refractivity contribution in [3.63, 3.8) is 0 Å². The number of hydrogen-bond donors (Lipinski definition) is 2. The molecule has 0 fully saturated rings. The minimum Gasteiger partial charge on any atom is -0.481 e. The van der Waals surface area contributed by atoms with Gasteiger partial charge in [0.05, 0.1) is 30.0 Å². The minimum atomic E-state index is -1.03. The molecule has 0 saturated carbocycles. The normalized spacial score (nSPS) is 12.3. The predicted octanol–water partition coefficient (Wildman–Crippen LogP) is 3.81. The van der Waals surface area contributed by atoms with E-state index < -0.39 is 17.9 Å². The van der Waals surface area contributed by atoms with Crippen molar-refractivity contribution in [2.24, 2.45) is 12.8 Å². The Bertz CT molecular complexity index is 1690. The molecule has 1 amide bonds. The molecule has 3 N–H and O–H groups in total. The van der Waals surface area contributed by atoms with Gasteiger partial charge in [-0.25, -0.2) is 4.79 Å². The van der Waals surface area contributed by atoms with Crippen LogP contribution < -0.4 is 11.4 Å². The number of amides is 1. The van der Waals surface area contributed by atoms with Crippen molar-refractivity contribution in [1.29, 1.82) is 0 Å². The zero-order chi connectivity index (χ0) is 25.6. The second-order valence-corrected chi connectivity index (χ2v) is 9.07. The highest BCUT2D eigenvalue weighted by molar-refractivity contribution is 5.96. The number of imidazole rings is 1. The summed E-state index contributed by atoms with van der Waals surface area (Å²) in [6.45, 7) is 2.32. The van der Waals surface area contributed by atoms with Gasteiger partial charge in [-0.1, -0.05) is 42.5 Å². The molecule has 36 heavy (non-hydrogen) atoms. The number of aryl methyl sites for hydroxylation is 2. The predicted molar refractivity (Wildman–Crippen MR) is 138 cm³/mol. The Labute approximate surface area is 206 Å². The van der Waals surface area contributed by atoms with Crippen molar-refractivity contribution >= 4 is 33.8 Å². The number of carbonyl (C=O) groups excluding carboxylic acids is 1. The van der Waals surface area contributed by atoms with Crippen LogP contribution in [-0.4, -0.2) is 30.7 Å². The van der Waals surface area contributed by atoms with Crippen LogP contribution in [0.3, 0.4) is 0 Å². The lowest BCUT2D eigenvalue weighted by molar-refractivity contribution is -0.137. The first-order chi connectivity index (χ1) is 17.3. The summed E-state index contributed by atoms with van der Waals surface area (Å²) in [7, 11) is 1.97. The van der Waals surface area contributed by atoms with Gasteiger partial charge in [0, 0.05) is 29.7 Å². The first-order valence-corrected chi connectivity index (χ1v) is 11.6. The van der Waals surface area contributed by atoms with Crippen LogP contribution in [0.4, 0.5) is 0 Å². The van der Waals surface area contributed by atoms with Gasteiger partial charge < -0.3 is 15.4 Å². The first kappa shape index (κ1) is 23.2. The molecule has 3 aromatic carbocycles. The van der Waals surface area contributed by atoms with E-state index in [0.29, 0.717) is 16.6 Å². The highest BCUT2D eigenvalue weighted by Crippen LogP contribution is 2.29. The standard InChI is InChI=1S/C28H26N4O4/c1-17-7-6-10-22-26(17)20(15-30(22)2)16-31-21-12-11-19(27(29)35)13-24(21)32(28(31)36)23(14-25(33)34)18-8-4-3-5-9-18/h3-13,15,23H,14,16H2,1-2H3,(H2,29,35)(H,33,34)/t23-/m1/s1. The number of benzene rings is 3. The minimum absolute atomic E-state index is 0.247. The average molecular weight is 483 g/mol. The molecule has 0 spiro atoms. The number of aliphatic carboxylic acids is 1. The quantitative estimate of drug-likeness (QED) is 0.367. The van der Waals surface area contributed by atoms with Gasteiger partial charge in [0.15, 0.2) is 0 Å². The van der Waals surface area contributed by atoms with Crippen molar-refractivity contribution in [3.8, 4) is 0 Å². The Kier molecular flexibility index (Phi) is 5.72. The number of fused-ring (bicyclic) bond motifs is 2. The van der Waals surface area contributed by atoms with Gasteiger partial charge in [0.25, 0.3) is 0 Å². The van der Waals surface area contributed by atoms with E-state index in [2.05, 4.69) is 0 Å². The van der Waals surface area contributed by atoms with Crippen molar-refractivity contribution in [3.05, 3.63) is 106 Å². The molecule has 0 saturated heterocycles. The molecule has 5 aromatic rings. The number of carboxylic acids is 1. The molecule has 0 unspecified atom stereocenters. The highest BCUT2D eigenvalue weighted by Gasteiger charge is 2.25. The van der Waals surface area contributed by atoms with Gasteiger partial charge in [0.1, 0.15) is 0 Å². The summed E-state index contributed by atoms with van der Waals surface area (Å²) in [6, 6.07) is 19.2. The molecule has 0 aliphatic carbocycles. The topological polar surface area (TPSA) is 112 Å². The largest absolute Gasteiger partial charge is 0.481 e. The van der Waals surface area contributed by atoms with E-state index in [0.717, 1.165) is 22.0 Å². The third-order valence-electron chi connectivity index (χ3n) is 6.74. The maximum absolute atomic E-state index is 14.0. The van der Waals surface area contributed by atoms with E-state index in [-0.39, 0.29) is 24.2 Å². The molecule has 0 radical (unpaired) electrons. The number of nitrogens with two attached hydrogens (primary N) is 1. The summed E-state index contributed by atoms with van der Waals surface area (Å²) in [6.07, 6.45) is 1.72. The lowest BCUT2D eigenvalue weighted by Crippen LogP contribution is -2.29. The zero-order valence-electron chi connectivity index (χ0n) is 20.0. The monoisotopic (exact) mass is 482 g/mol. The van der Waals surface area contributed by atoms with E-state index >= 15 is 0 Å². The Morgan fingerprint density at radius 3 is 2.42 bits per heavy atom. The summed E-state index contributed by atoms with van der Waals surface area (Å²) in [5.41, 5.74) is 10.3. The molecule has 2 aromatic heterocycles. The highest BCUT2D eigenvalue weighted by atomic mass is 16.4. The van der Waals surface area contributed by atoms with Crippen LogP contribution in [0.25, 0.3) is 21.9 Å². The molecule has 182 valence electrons. The van der Waals surface area contributed by atoms with E-state index in [1.54, 1.807) is 34.9 Å². The van der Waals surface area contributed by atoms with Crippen molar-refractivity contribution < 1.29 is 14.7 Å². The fourth-order valence-electron chi connectivity index (χ4n) is 5.11. The van der Waals surface area contributed by atoms with Crippen molar-refractivity contribution in [2.45, 2.75) is 25.9 Å². The van der Waals surface area contributed by atoms with E-state index in [4.69, 9.17) is 5.73 Å². The van der Waals surface area contributed by atoms with Crippen molar-refractivity contribution in [1.82, 2.24) is 13.7 Å². The van der Waals surface area contributed by atoms with E-state index in [1.165, 1.54) is 4.57 Å². The van der Waals surface area contributed by atoms with E-state index in [9.17, 15) is 19.5 Å². The Hall–Kier alpha value is -4.59. The van der Waals surface area contributed by atoms with Gasteiger partial charge >= 0.3 is 11.7 Å². The molecule has 1 atom stereocenters. The number of rotatable bonds is 7. The first-order valence-electron chi connectivity index (χ1n) is 11.6. The molecule has 0 aliphatic heterocycles. The fourth-order valence-corrected chi connectivity index (χ4v) is 5.11. The molecule has 0 aliphatic rings. The summed E-state index contributed by atoms with van der Waals surface area (Å²) < 4.78 is 5.15. The maximum Gasteiger partial charge on any atom is 0.330 e. The zero-order valence-corrected chi connectivity index (χ0v) is 20.0. The van der Waals surface area contributed by atoms with Gasteiger partial charge in [-0.3, -0.25) is 18.7 Å². The van der Waals surface area contributed by atoms with Crippen LogP contribution >= 0.6 is 0 Å². The maximum atomic E-state index is 14.0. The number of nitrogens with zero attached hydrogens (tertiary/aromatic N) is 3. The van der Waals surface area contributed by atoms with Crippen molar-refractivity contribution in [2.75, 3.05) is 0 Å². The lowest BCUT2D eigenvalue weighted by Gasteiger charge is -2.17. The van der Waals surface area contributed by atoms with Gasteiger partial charge in [-0.05, 0) is 47.9 Å². The number of hydrogen-bond acceptors (Lipinski definition) is 3. The second-order valence-electron chi connectivity index (χ2n) is 9.07. The fraction of sp³-hybridized carbons (Fsp3) is 0.179. The molecule has 8 nitrogen and oxygen atoms in total. The van der Waals surface area contributed by atoms with Gasteiger partial charge in [-0.2, -0.15) is 0 Å². The lowest BCUT2D eigenvalue weighted by atomic mass is 10.0. The molecular weight excluding hydrogens is 456 g/mol. The summed E-state index contributed by atoms with van der Waals surface area (Å²) in [5.74, 6) is -1.66. The van der Waals surface area contributed by atoms with Gasteiger partial charge in [0.2, 0.25) is 5.91 Å². The Morgan fingerprint density at radius 2 is 1.72 bits per heavy atom. The van der Waals surface area contributed by atoms with Crippen LogP contribution in [-0.2, 0) is 18.4 Å².